The Hall–Kier alpha value is -2.20. The van der Waals surface area contributed by atoms with E-state index in [2.05, 4.69) is 54.6 Å². The molecule has 0 spiro atoms. The van der Waals surface area contributed by atoms with Crippen LogP contribution in [0.25, 0.3) is 0 Å². The van der Waals surface area contributed by atoms with Crippen molar-refractivity contribution in [1.82, 2.24) is 19.5 Å². The number of nitrogens with zero attached hydrogens (tertiary/aromatic N) is 3. The van der Waals surface area contributed by atoms with E-state index in [4.69, 9.17) is 15.4 Å². The third-order valence-electron chi connectivity index (χ3n) is 6.19. The summed E-state index contributed by atoms with van der Waals surface area (Å²) >= 11 is 0. The number of carbonyl (C=O) groups is 1. The van der Waals surface area contributed by atoms with Crippen LogP contribution in [0.3, 0.4) is 0 Å². The van der Waals surface area contributed by atoms with Crippen molar-refractivity contribution in [2.75, 3.05) is 32.2 Å². The minimum atomic E-state index is -0.870. The molecule has 1 aromatic carbocycles. The van der Waals surface area contributed by atoms with Gasteiger partial charge in [-0.25, -0.2) is 4.79 Å². The second-order valence-corrected chi connectivity index (χ2v) is 11.0. The minimum Gasteiger partial charge on any atom is -0.375 e. The van der Waals surface area contributed by atoms with E-state index >= 15 is 0 Å². The average molecular weight is 536 g/mol. The highest BCUT2D eigenvalue weighted by molar-refractivity contribution is 7.49. The highest BCUT2D eigenvalue weighted by atomic mass is 31.2. The molecular weight excluding hydrogens is 493 g/mol. The molecule has 37 heavy (non-hydrogen) atoms. The van der Waals surface area contributed by atoms with Gasteiger partial charge >= 0.3 is 5.69 Å². The van der Waals surface area contributed by atoms with Crippen molar-refractivity contribution >= 4 is 20.0 Å². The zero-order chi connectivity index (χ0) is 27.8. The predicted octanol–water partition coefficient (Wildman–Crippen LogP) is 3.46. The van der Waals surface area contributed by atoms with Gasteiger partial charge in [0.05, 0.1) is 12.6 Å². The molecule has 2 heterocycles. The van der Waals surface area contributed by atoms with E-state index in [1.54, 1.807) is 43.6 Å². The van der Waals surface area contributed by atoms with E-state index in [0.717, 1.165) is 0 Å². The number of methoxy groups -OCH3 is 1. The average Bonchev–Trinajstić information content (AvgIpc) is 3.23. The third kappa shape index (κ3) is 7.22. The zero-order valence-corrected chi connectivity index (χ0v) is 23.4. The first kappa shape index (κ1) is 27.8. The van der Waals surface area contributed by atoms with E-state index < -0.39 is 32.4 Å². The molecule has 0 aliphatic carbocycles. The largest absolute Gasteiger partial charge is 0.375 e. The Bertz CT molecular complexity index is 1080. The second-order valence-electron chi connectivity index (χ2n) is 9.40. The molecule has 2 N–H and O–H groups in total. The number of hydrogen-bond acceptors (Lipinski definition) is 8. The zero-order valence-electron chi connectivity index (χ0n) is 23.5. The lowest BCUT2D eigenvalue weighted by Crippen LogP contribution is -2.47. The van der Waals surface area contributed by atoms with Gasteiger partial charge < -0.3 is 24.6 Å². The van der Waals surface area contributed by atoms with Crippen LogP contribution in [-0.4, -0.2) is 77.4 Å². The lowest BCUT2D eigenvalue weighted by atomic mass is 10.1. The Balaban J connectivity index is 1.77. The first-order chi connectivity index (χ1) is 18.2. The molecule has 10 nitrogen and oxygen atoms in total. The Morgan fingerprint density at radius 2 is 1.95 bits per heavy atom. The van der Waals surface area contributed by atoms with E-state index in [-0.39, 0.29) is 24.7 Å². The number of aromatic nitrogens is 2. The van der Waals surface area contributed by atoms with Crippen molar-refractivity contribution in [2.24, 2.45) is 0 Å². The smallest absolute Gasteiger partial charge is 0.351 e. The Labute approximate surface area is 222 Å². The molecule has 11 heteroatoms. The molecule has 0 saturated carbocycles. The monoisotopic (exact) mass is 535 g/mol. The van der Waals surface area contributed by atoms with Crippen LogP contribution in [0.2, 0.25) is 0 Å². The molecule has 3 rings (SSSR count). The minimum absolute atomic E-state index is 0.148. The van der Waals surface area contributed by atoms with Crippen LogP contribution in [0.4, 0.5) is 5.82 Å². The van der Waals surface area contributed by atoms with Crippen molar-refractivity contribution in [2.45, 2.75) is 71.2 Å². The number of carbonyl (C=O) groups excluding carboxylic acids is 1. The van der Waals surface area contributed by atoms with E-state index in [9.17, 15) is 9.59 Å². The number of amides is 1. The fourth-order valence-electron chi connectivity index (χ4n) is 4.72. The molecule has 2 unspecified atom stereocenters. The lowest BCUT2D eigenvalue weighted by molar-refractivity contribution is -0.0600. The van der Waals surface area contributed by atoms with Crippen LogP contribution in [0.15, 0.2) is 47.4 Å². The highest BCUT2D eigenvalue weighted by Gasteiger charge is 2.46. The van der Waals surface area contributed by atoms with Gasteiger partial charge in [-0.05, 0) is 59.1 Å². The molecule has 1 aliphatic rings. The van der Waals surface area contributed by atoms with Gasteiger partial charge in [0.25, 0.3) is 5.91 Å². The molecule has 1 fully saturated rings. The maximum Gasteiger partial charge on any atom is 0.351 e. The molecule has 0 bridgehead atoms. The van der Waals surface area contributed by atoms with Crippen LogP contribution in [-0.2, 0) is 14.0 Å². The SMILES string of the molecule is [3H]CCN[C@@H]1C(OC)[C@H](n2ccc(NC(=O)c3ccccc3)nc2=O)O[C@@H]1COP(C)N(C(C)C)C(C)C. The molecule has 204 valence electrons. The summed E-state index contributed by atoms with van der Waals surface area (Å²) in [6, 6.07) is 10.6. The van der Waals surface area contributed by atoms with Crippen molar-refractivity contribution < 1.29 is 20.2 Å². The molecule has 1 saturated heterocycles. The van der Waals surface area contributed by atoms with Crippen molar-refractivity contribution in [3.8, 4) is 0 Å². The number of nitrogens with one attached hydrogen (secondary N) is 2. The Morgan fingerprint density at radius 3 is 2.54 bits per heavy atom. The molecular formula is C26H40N5O5P. The quantitative estimate of drug-likeness (QED) is 0.398. The first-order valence-corrected chi connectivity index (χ1v) is 14.1. The van der Waals surface area contributed by atoms with Gasteiger partial charge in [0.15, 0.2) is 6.23 Å². The fraction of sp³-hybridized carbons (Fsp3) is 0.577. The van der Waals surface area contributed by atoms with Crippen LogP contribution in [0.5, 0.6) is 0 Å². The summed E-state index contributed by atoms with van der Waals surface area (Å²) in [6.07, 6.45) is -0.144. The maximum atomic E-state index is 13.0. The van der Waals surface area contributed by atoms with Gasteiger partial charge in [-0.3, -0.25) is 14.0 Å². The lowest BCUT2D eigenvalue weighted by Gasteiger charge is -2.35. The summed E-state index contributed by atoms with van der Waals surface area (Å²) in [7, 11) is 0.698. The number of ether oxygens (including phenoxy) is 2. The van der Waals surface area contributed by atoms with E-state index in [1.165, 1.54) is 4.57 Å². The number of rotatable bonds is 12. The van der Waals surface area contributed by atoms with Crippen LogP contribution in [0, 0.1) is 0 Å². The summed E-state index contributed by atoms with van der Waals surface area (Å²) in [4.78, 5) is 29.5. The van der Waals surface area contributed by atoms with Gasteiger partial charge in [-0.15, -0.1) is 0 Å². The van der Waals surface area contributed by atoms with Crippen LogP contribution in [0.1, 0.15) is 52.6 Å². The molecule has 0 radical (unpaired) electrons. The highest BCUT2D eigenvalue weighted by Crippen LogP contribution is 2.42. The third-order valence-corrected chi connectivity index (χ3v) is 8.29. The van der Waals surface area contributed by atoms with Gasteiger partial charge in [0.1, 0.15) is 26.3 Å². The van der Waals surface area contributed by atoms with Crippen LogP contribution >= 0.6 is 8.30 Å². The van der Waals surface area contributed by atoms with Crippen molar-refractivity contribution in [1.29, 1.82) is 0 Å². The topological polar surface area (TPSA) is 107 Å². The molecule has 2 aromatic rings. The first-order valence-electron chi connectivity index (χ1n) is 13.2. The summed E-state index contributed by atoms with van der Waals surface area (Å²) in [5, 5.41) is 6.00. The summed E-state index contributed by atoms with van der Waals surface area (Å²) < 4.78 is 29.7. The van der Waals surface area contributed by atoms with Crippen molar-refractivity contribution in [3.05, 3.63) is 58.6 Å². The van der Waals surface area contributed by atoms with Crippen LogP contribution < -0.4 is 16.3 Å². The molecule has 1 aromatic heterocycles. The number of anilines is 1. The number of hydrogen-bond donors (Lipinski definition) is 2. The van der Waals surface area contributed by atoms with Gasteiger partial charge in [0.2, 0.25) is 0 Å². The summed E-state index contributed by atoms with van der Waals surface area (Å²) in [6.45, 7) is 11.6. The molecule has 1 aliphatic heterocycles. The Kier molecular flexibility index (Phi) is 10.2. The van der Waals surface area contributed by atoms with Gasteiger partial charge in [-0.1, -0.05) is 25.1 Å². The van der Waals surface area contributed by atoms with Gasteiger partial charge in [0, 0.05) is 32.3 Å². The van der Waals surface area contributed by atoms with E-state index in [1.807, 2.05) is 6.07 Å². The predicted molar refractivity (Wildman–Crippen MR) is 146 cm³/mol. The standard InChI is InChI=1S/C26H40N5O5P/c1-8-27-22-20(16-35-37(7)31(17(2)3)18(4)5)36-25(23(22)34-6)30-15-14-21(29-26(30)33)28-24(32)19-12-10-9-11-13-19/h9-15,17-18,20,22-23,25,27H,8,16H2,1-7H3,(H,28,29,32,33)/t20-,22+,23?,25-,37?/m1/s1/i1T. The summed E-state index contributed by atoms with van der Waals surface area (Å²) in [5.41, 5.74) is -0.111. The fourth-order valence-corrected chi connectivity index (χ4v) is 6.52. The van der Waals surface area contributed by atoms with Crippen molar-refractivity contribution in [3.63, 3.8) is 0 Å². The summed E-state index contributed by atoms with van der Waals surface area (Å²) in [5.74, 6) is -0.207. The second kappa shape index (κ2) is 13.6. The maximum absolute atomic E-state index is 13.0. The van der Waals surface area contributed by atoms with E-state index in [0.29, 0.717) is 30.8 Å². The normalized spacial score (nSPS) is 23.0. The molecule has 1 amide bonds. The van der Waals surface area contributed by atoms with Gasteiger partial charge in [-0.2, -0.15) is 4.98 Å². The Morgan fingerprint density at radius 1 is 1.24 bits per heavy atom. The number of likely N-dealkylation sites (N-methyl/N-ethyl adjacent to an activating group) is 1. The molecule has 5 atom stereocenters. The number of benzene rings is 1.